The molecule has 1 N–H and O–H groups in total. The summed E-state index contributed by atoms with van der Waals surface area (Å²) < 4.78 is 28.0. The highest BCUT2D eigenvalue weighted by Gasteiger charge is 2.51. The Morgan fingerprint density at radius 1 is 1.26 bits per heavy atom. The van der Waals surface area contributed by atoms with E-state index in [0.717, 1.165) is 25.6 Å². The van der Waals surface area contributed by atoms with Crippen LogP contribution in [0.25, 0.3) is 0 Å². The number of fused-ring (bicyclic) bond motifs is 1. The lowest BCUT2D eigenvalue weighted by Gasteiger charge is -2.56. The van der Waals surface area contributed by atoms with Crippen molar-refractivity contribution in [2.75, 3.05) is 12.8 Å². The van der Waals surface area contributed by atoms with E-state index in [0.29, 0.717) is 17.7 Å². The van der Waals surface area contributed by atoms with Crippen LogP contribution in [0.3, 0.4) is 0 Å². The molecule has 2 aliphatic carbocycles. The van der Waals surface area contributed by atoms with Gasteiger partial charge in [-0.1, -0.05) is 18.9 Å². The summed E-state index contributed by atoms with van der Waals surface area (Å²) >= 11 is 0. The number of hydrogen-bond acceptors (Lipinski definition) is 4. The molecule has 0 spiro atoms. The number of piperidine rings is 1. The van der Waals surface area contributed by atoms with Gasteiger partial charge in [-0.25, -0.2) is 0 Å². The van der Waals surface area contributed by atoms with Crippen molar-refractivity contribution in [2.24, 2.45) is 5.92 Å². The zero-order valence-corrected chi connectivity index (χ0v) is 15.0. The fraction of sp³-hybridized carbons (Fsp3) is 0.647. The maximum absolute atomic E-state index is 11.4. The van der Waals surface area contributed by atoms with Gasteiger partial charge in [0.15, 0.2) is 0 Å². The quantitative estimate of drug-likeness (QED) is 0.827. The Morgan fingerprint density at radius 2 is 2.09 bits per heavy atom. The van der Waals surface area contributed by atoms with Crippen molar-refractivity contribution in [2.45, 2.75) is 50.0 Å². The van der Waals surface area contributed by atoms with E-state index in [4.69, 9.17) is 4.18 Å². The maximum Gasteiger partial charge on any atom is 0.306 e. The first-order chi connectivity index (χ1) is 10.5. The fourth-order valence-corrected chi connectivity index (χ4v) is 5.58. The lowest BCUT2D eigenvalue weighted by Crippen LogP contribution is -2.59. The van der Waals surface area contributed by atoms with E-state index >= 15 is 0 Å². The molecular weight excluding hydrogens is 334 g/mol. The van der Waals surface area contributed by atoms with E-state index in [1.54, 1.807) is 6.07 Å². The molecule has 4 nitrogen and oxygen atoms in total. The third-order valence-corrected chi connectivity index (χ3v) is 6.36. The van der Waals surface area contributed by atoms with Gasteiger partial charge in [0.25, 0.3) is 0 Å². The fourth-order valence-electron chi connectivity index (χ4n) is 5.13. The van der Waals surface area contributed by atoms with Gasteiger partial charge in [-0.15, -0.1) is 12.4 Å². The molecule has 0 radical (unpaired) electrons. The third kappa shape index (κ3) is 2.87. The molecule has 3 atom stereocenters. The molecule has 0 amide bonds. The van der Waals surface area contributed by atoms with Crippen molar-refractivity contribution in [1.82, 2.24) is 5.32 Å². The highest BCUT2D eigenvalue weighted by Crippen LogP contribution is 2.54. The second kappa shape index (κ2) is 5.94. The van der Waals surface area contributed by atoms with Crippen molar-refractivity contribution in [3.63, 3.8) is 0 Å². The SMILES string of the molecule is CS(=O)(=O)Oc1ccc2c(c1)[C@@]13CCCC[C@H]1[C@@H](C2)NCC3.Cl. The highest BCUT2D eigenvalue weighted by atomic mass is 35.5. The van der Waals surface area contributed by atoms with E-state index in [9.17, 15) is 8.42 Å². The topological polar surface area (TPSA) is 55.4 Å². The minimum atomic E-state index is -3.47. The molecule has 1 heterocycles. The molecule has 0 aromatic heterocycles. The van der Waals surface area contributed by atoms with Crippen LogP contribution in [0.5, 0.6) is 5.75 Å². The number of halogens is 1. The summed E-state index contributed by atoms with van der Waals surface area (Å²) in [5.41, 5.74) is 2.96. The molecule has 1 aliphatic heterocycles. The number of hydrogen-bond donors (Lipinski definition) is 1. The Hall–Kier alpha value is -0.780. The normalized spacial score (nSPS) is 32.2. The molecule has 128 valence electrons. The standard InChI is InChI=1S/C17H23NO3S.ClH/c1-22(19,20)21-13-6-5-12-10-16-14-4-2-3-7-17(14,8-9-18-16)15(12)11-13;/h5-6,11,14,16,18H,2-4,7-10H2,1H3;1H/t14-,16+,17+;/m0./s1. The van der Waals surface area contributed by atoms with Gasteiger partial charge in [-0.2, -0.15) is 8.42 Å². The summed E-state index contributed by atoms with van der Waals surface area (Å²) in [6.45, 7) is 1.07. The molecule has 1 saturated carbocycles. The Balaban J connectivity index is 0.00000156. The molecule has 23 heavy (non-hydrogen) atoms. The van der Waals surface area contributed by atoms with Gasteiger partial charge in [-0.05, 0) is 61.4 Å². The maximum atomic E-state index is 11.4. The summed E-state index contributed by atoms with van der Waals surface area (Å²) in [5, 5.41) is 3.71. The molecule has 0 unspecified atom stereocenters. The Bertz CT molecular complexity index is 702. The average Bonchev–Trinajstić information content (AvgIpc) is 2.46. The summed E-state index contributed by atoms with van der Waals surface area (Å²) in [6, 6.07) is 6.47. The largest absolute Gasteiger partial charge is 0.383 e. The van der Waals surface area contributed by atoms with Crippen molar-refractivity contribution >= 4 is 22.5 Å². The number of rotatable bonds is 2. The lowest BCUT2D eigenvalue weighted by atomic mass is 9.53. The van der Waals surface area contributed by atoms with Crippen molar-refractivity contribution in [1.29, 1.82) is 0 Å². The van der Waals surface area contributed by atoms with Gasteiger partial charge in [0.05, 0.1) is 6.26 Å². The first-order valence-corrected chi connectivity index (χ1v) is 10.1. The first kappa shape index (κ1) is 17.1. The minimum Gasteiger partial charge on any atom is -0.383 e. The van der Waals surface area contributed by atoms with Crippen LogP contribution in [0.2, 0.25) is 0 Å². The monoisotopic (exact) mass is 357 g/mol. The van der Waals surface area contributed by atoms with E-state index < -0.39 is 10.1 Å². The number of benzene rings is 1. The van der Waals surface area contributed by atoms with Crippen LogP contribution in [0.1, 0.15) is 43.2 Å². The summed E-state index contributed by atoms with van der Waals surface area (Å²) in [7, 11) is -3.47. The lowest BCUT2D eigenvalue weighted by molar-refractivity contribution is 0.0796. The van der Waals surface area contributed by atoms with Crippen LogP contribution in [0.15, 0.2) is 18.2 Å². The second-order valence-electron chi connectivity index (χ2n) is 7.13. The van der Waals surface area contributed by atoms with Crippen LogP contribution in [-0.4, -0.2) is 27.3 Å². The summed E-state index contributed by atoms with van der Waals surface area (Å²) in [5.74, 6) is 1.16. The molecule has 6 heteroatoms. The molecule has 1 saturated heterocycles. The van der Waals surface area contributed by atoms with Crippen LogP contribution in [0.4, 0.5) is 0 Å². The predicted octanol–water partition coefficient (Wildman–Crippen LogP) is 2.79. The number of nitrogens with one attached hydrogen (secondary N) is 1. The van der Waals surface area contributed by atoms with E-state index in [1.165, 1.54) is 36.8 Å². The molecular formula is C17H24ClNO3S. The predicted molar refractivity (Wildman–Crippen MR) is 92.9 cm³/mol. The van der Waals surface area contributed by atoms with Gasteiger partial charge in [-0.3, -0.25) is 0 Å². The second-order valence-corrected chi connectivity index (χ2v) is 8.70. The van der Waals surface area contributed by atoms with Gasteiger partial charge >= 0.3 is 10.1 Å². The summed E-state index contributed by atoms with van der Waals surface area (Å²) in [6.07, 6.45) is 8.43. The van der Waals surface area contributed by atoms with Crippen LogP contribution in [0, 0.1) is 5.92 Å². The van der Waals surface area contributed by atoms with E-state index in [-0.39, 0.29) is 17.8 Å². The van der Waals surface area contributed by atoms with Gasteiger partial charge in [0, 0.05) is 11.5 Å². The van der Waals surface area contributed by atoms with Gasteiger partial charge in [0.2, 0.25) is 0 Å². The Morgan fingerprint density at radius 3 is 2.87 bits per heavy atom. The van der Waals surface area contributed by atoms with Crippen molar-refractivity contribution in [3.8, 4) is 5.75 Å². The van der Waals surface area contributed by atoms with E-state index in [2.05, 4.69) is 11.4 Å². The minimum absolute atomic E-state index is 0. The summed E-state index contributed by atoms with van der Waals surface area (Å²) in [4.78, 5) is 0. The van der Waals surface area contributed by atoms with E-state index in [1.807, 2.05) is 6.07 Å². The third-order valence-electron chi connectivity index (χ3n) is 5.87. The van der Waals surface area contributed by atoms with Gasteiger partial charge in [0.1, 0.15) is 5.75 Å². The Kier molecular flexibility index (Phi) is 4.40. The van der Waals surface area contributed by atoms with Gasteiger partial charge < -0.3 is 9.50 Å². The first-order valence-electron chi connectivity index (χ1n) is 8.24. The molecule has 1 aromatic rings. The van der Waals surface area contributed by atoms with Crippen LogP contribution < -0.4 is 9.50 Å². The zero-order chi connectivity index (χ0) is 15.4. The van der Waals surface area contributed by atoms with Crippen LogP contribution >= 0.6 is 12.4 Å². The van der Waals surface area contributed by atoms with Crippen LogP contribution in [-0.2, 0) is 22.0 Å². The smallest absolute Gasteiger partial charge is 0.306 e. The molecule has 3 aliphatic rings. The Labute approximate surface area is 144 Å². The molecule has 2 bridgehead atoms. The average molecular weight is 358 g/mol. The van der Waals surface area contributed by atoms with Crippen molar-refractivity contribution in [3.05, 3.63) is 29.3 Å². The molecule has 2 fully saturated rings. The molecule has 4 rings (SSSR count). The molecule has 1 aromatic carbocycles. The highest BCUT2D eigenvalue weighted by molar-refractivity contribution is 7.86. The zero-order valence-electron chi connectivity index (χ0n) is 13.4. The van der Waals surface area contributed by atoms with Crippen molar-refractivity contribution < 1.29 is 12.6 Å².